The Balaban J connectivity index is 2.94. The van der Waals surface area contributed by atoms with Crippen LogP contribution >= 0.6 is 27.5 Å². The number of unbranched alkanes of at least 4 members (excludes halogenated alkanes) is 1. The van der Waals surface area contributed by atoms with Gasteiger partial charge in [0.05, 0.1) is 5.38 Å². The zero-order chi connectivity index (χ0) is 13.7. The molecule has 0 saturated carbocycles. The van der Waals surface area contributed by atoms with Crippen LogP contribution in [0.3, 0.4) is 0 Å². The maximum absolute atomic E-state index is 6.72. The second kappa shape index (κ2) is 7.55. The first kappa shape index (κ1) is 16.0. The third kappa shape index (κ3) is 3.99. The van der Waals surface area contributed by atoms with E-state index in [0.29, 0.717) is 5.92 Å². The van der Waals surface area contributed by atoms with Crippen molar-refractivity contribution in [1.82, 2.24) is 0 Å². The van der Waals surface area contributed by atoms with Gasteiger partial charge in [-0.1, -0.05) is 55.1 Å². The van der Waals surface area contributed by atoms with Gasteiger partial charge in [-0.2, -0.15) is 0 Å². The molecule has 0 heterocycles. The van der Waals surface area contributed by atoms with Crippen LogP contribution in [0.1, 0.15) is 61.6 Å². The highest BCUT2D eigenvalue weighted by atomic mass is 79.9. The molecule has 102 valence electrons. The van der Waals surface area contributed by atoms with Crippen molar-refractivity contribution in [2.45, 2.75) is 58.8 Å². The third-order valence-corrected chi connectivity index (χ3v) is 5.16. The van der Waals surface area contributed by atoms with Gasteiger partial charge in [0.1, 0.15) is 0 Å². The van der Waals surface area contributed by atoms with Crippen LogP contribution in [0.15, 0.2) is 16.6 Å². The van der Waals surface area contributed by atoms with E-state index in [0.717, 1.165) is 6.42 Å². The van der Waals surface area contributed by atoms with Gasteiger partial charge in [0.25, 0.3) is 0 Å². The van der Waals surface area contributed by atoms with Crippen molar-refractivity contribution >= 4 is 27.5 Å². The predicted molar refractivity (Wildman–Crippen MR) is 85.5 cm³/mol. The average Bonchev–Trinajstić information content (AvgIpc) is 2.34. The monoisotopic (exact) mass is 330 g/mol. The van der Waals surface area contributed by atoms with Crippen LogP contribution in [0.5, 0.6) is 0 Å². The summed E-state index contributed by atoms with van der Waals surface area (Å²) in [6, 6.07) is 4.43. The SMILES string of the molecule is CCCCC(CC)C(Cl)c1cc(C)c(Br)cc1C. The molecule has 0 amide bonds. The van der Waals surface area contributed by atoms with Crippen LogP contribution in [0.2, 0.25) is 0 Å². The molecule has 0 spiro atoms. The van der Waals surface area contributed by atoms with Crippen LogP contribution in [-0.2, 0) is 0 Å². The molecule has 0 N–H and O–H groups in total. The summed E-state index contributed by atoms with van der Waals surface area (Å²) >= 11 is 10.3. The molecular formula is C16H24BrCl. The summed E-state index contributed by atoms with van der Waals surface area (Å²) < 4.78 is 1.18. The number of hydrogen-bond acceptors (Lipinski definition) is 0. The minimum atomic E-state index is 0.147. The van der Waals surface area contributed by atoms with Crippen LogP contribution < -0.4 is 0 Å². The lowest BCUT2D eigenvalue weighted by Gasteiger charge is -2.23. The maximum Gasteiger partial charge on any atom is 0.0615 e. The smallest absolute Gasteiger partial charge is 0.0615 e. The van der Waals surface area contributed by atoms with Gasteiger partial charge in [-0.05, 0) is 48.9 Å². The van der Waals surface area contributed by atoms with Crippen molar-refractivity contribution < 1.29 is 0 Å². The van der Waals surface area contributed by atoms with E-state index in [1.54, 1.807) is 0 Å². The first-order valence-electron chi connectivity index (χ1n) is 6.91. The van der Waals surface area contributed by atoms with Crippen LogP contribution in [0.25, 0.3) is 0 Å². The molecule has 0 fully saturated rings. The van der Waals surface area contributed by atoms with Gasteiger partial charge in [-0.3, -0.25) is 0 Å². The topological polar surface area (TPSA) is 0 Å². The normalized spacial score (nSPS) is 14.6. The standard InChI is InChI=1S/C16H24BrCl/c1-5-7-8-13(6-2)16(18)14-9-12(4)15(17)10-11(14)3/h9-10,13,16H,5-8H2,1-4H3. The zero-order valence-corrected chi connectivity index (χ0v) is 14.2. The van der Waals surface area contributed by atoms with E-state index in [1.165, 1.54) is 40.4 Å². The van der Waals surface area contributed by atoms with Crippen molar-refractivity contribution in [1.29, 1.82) is 0 Å². The van der Waals surface area contributed by atoms with Crippen LogP contribution in [0.4, 0.5) is 0 Å². The molecule has 0 aliphatic rings. The van der Waals surface area contributed by atoms with E-state index in [9.17, 15) is 0 Å². The minimum absolute atomic E-state index is 0.147. The number of benzene rings is 1. The Morgan fingerprint density at radius 3 is 2.39 bits per heavy atom. The highest BCUT2D eigenvalue weighted by Crippen LogP contribution is 2.37. The van der Waals surface area contributed by atoms with E-state index in [1.807, 2.05) is 0 Å². The molecule has 0 aromatic heterocycles. The van der Waals surface area contributed by atoms with Crippen molar-refractivity contribution in [2.24, 2.45) is 5.92 Å². The van der Waals surface area contributed by atoms with Crippen molar-refractivity contribution in [3.63, 3.8) is 0 Å². The highest BCUT2D eigenvalue weighted by Gasteiger charge is 2.21. The second-order valence-corrected chi connectivity index (χ2v) is 6.49. The molecule has 0 nitrogen and oxygen atoms in total. The molecule has 1 rings (SSSR count). The van der Waals surface area contributed by atoms with Gasteiger partial charge in [0.15, 0.2) is 0 Å². The Labute approximate surface area is 125 Å². The fourth-order valence-electron chi connectivity index (χ4n) is 2.38. The van der Waals surface area contributed by atoms with Gasteiger partial charge >= 0.3 is 0 Å². The van der Waals surface area contributed by atoms with E-state index < -0.39 is 0 Å². The predicted octanol–water partition coefficient (Wildman–Crippen LogP) is 6.56. The average molecular weight is 332 g/mol. The quantitative estimate of drug-likeness (QED) is 0.518. The molecular weight excluding hydrogens is 308 g/mol. The molecule has 1 aromatic rings. The van der Waals surface area contributed by atoms with Gasteiger partial charge in [0, 0.05) is 4.47 Å². The van der Waals surface area contributed by atoms with Crippen molar-refractivity contribution in [2.75, 3.05) is 0 Å². The summed E-state index contributed by atoms with van der Waals surface area (Å²) in [6.07, 6.45) is 4.91. The molecule has 0 aliphatic carbocycles. The number of aryl methyl sites for hydroxylation is 2. The Kier molecular flexibility index (Phi) is 6.73. The van der Waals surface area contributed by atoms with E-state index in [4.69, 9.17) is 11.6 Å². The van der Waals surface area contributed by atoms with Gasteiger partial charge in [-0.15, -0.1) is 11.6 Å². The van der Waals surface area contributed by atoms with E-state index in [-0.39, 0.29) is 5.38 Å². The summed E-state index contributed by atoms with van der Waals surface area (Å²) in [5.41, 5.74) is 3.87. The lowest BCUT2D eigenvalue weighted by Crippen LogP contribution is -2.09. The fraction of sp³-hybridized carbons (Fsp3) is 0.625. The molecule has 2 atom stereocenters. The number of hydrogen-bond donors (Lipinski definition) is 0. The third-order valence-electron chi connectivity index (χ3n) is 3.71. The minimum Gasteiger partial charge on any atom is -0.118 e. The summed E-state index contributed by atoms with van der Waals surface area (Å²) in [7, 11) is 0. The van der Waals surface area contributed by atoms with Gasteiger partial charge < -0.3 is 0 Å². The zero-order valence-electron chi connectivity index (χ0n) is 11.9. The van der Waals surface area contributed by atoms with E-state index in [2.05, 4.69) is 55.8 Å². The largest absolute Gasteiger partial charge is 0.118 e. The number of alkyl halides is 1. The summed E-state index contributed by atoms with van der Waals surface area (Å²) in [5.74, 6) is 0.589. The second-order valence-electron chi connectivity index (χ2n) is 5.17. The molecule has 0 radical (unpaired) electrons. The van der Waals surface area contributed by atoms with Gasteiger partial charge in [0.2, 0.25) is 0 Å². The maximum atomic E-state index is 6.72. The Morgan fingerprint density at radius 2 is 1.83 bits per heavy atom. The van der Waals surface area contributed by atoms with Crippen LogP contribution in [-0.4, -0.2) is 0 Å². The van der Waals surface area contributed by atoms with Gasteiger partial charge in [-0.25, -0.2) is 0 Å². The molecule has 2 heteroatoms. The molecule has 0 saturated heterocycles. The van der Waals surface area contributed by atoms with Crippen molar-refractivity contribution in [3.8, 4) is 0 Å². The molecule has 1 aromatic carbocycles. The number of halogens is 2. The lowest BCUT2D eigenvalue weighted by atomic mass is 9.89. The van der Waals surface area contributed by atoms with E-state index >= 15 is 0 Å². The fourth-order valence-corrected chi connectivity index (χ4v) is 3.38. The Morgan fingerprint density at radius 1 is 1.17 bits per heavy atom. The molecule has 2 unspecified atom stereocenters. The van der Waals surface area contributed by atoms with Crippen molar-refractivity contribution in [3.05, 3.63) is 33.3 Å². The number of rotatable bonds is 6. The first-order chi connectivity index (χ1) is 8.51. The summed E-state index contributed by atoms with van der Waals surface area (Å²) in [4.78, 5) is 0. The molecule has 18 heavy (non-hydrogen) atoms. The summed E-state index contributed by atoms with van der Waals surface area (Å²) in [5, 5.41) is 0.147. The highest BCUT2D eigenvalue weighted by molar-refractivity contribution is 9.10. The summed E-state index contributed by atoms with van der Waals surface area (Å²) in [6.45, 7) is 8.77. The first-order valence-corrected chi connectivity index (χ1v) is 8.14. The lowest BCUT2D eigenvalue weighted by molar-refractivity contribution is 0.436. The molecule has 0 aliphatic heterocycles. The Hall–Kier alpha value is -0.0100. The van der Waals surface area contributed by atoms with Crippen LogP contribution in [0, 0.1) is 19.8 Å². The molecule has 0 bridgehead atoms. The Bertz CT molecular complexity index is 387.